The average molecular weight is 252 g/mol. The molecule has 2 rings (SSSR count). The zero-order valence-electron chi connectivity index (χ0n) is 11.2. The van der Waals surface area contributed by atoms with E-state index >= 15 is 0 Å². The molecule has 0 amide bonds. The van der Waals surface area contributed by atoms with Crippen molar-refractivity contribution in [1.82, 2.24) is 10.1 Å². The van der Waals surface area contributed by atoms with Gasteiger partial charge in [0.2, 0.25) is 11.7 Å². The fourth-order valence-electron chi connectivity index (χ4n) is 2.14. The number of ether oxygens (including phenoxy) is 1. The molecule has 2 unspecified atom stereocenters. The number of carbonyl (C=O) groups excluding carboxylic acids is 1. The van der Waals surface area contributed by atoms with Crippen molar-refractivity contribution in [2.45, 2.75) is 52.1 Å². The molecule has 5 nitrogen and oxygen atoms in total. The lowest BCUT2D eigenvalue weighted by molar-refractivity contribution is -0.119. The first kappa shape index (κ1) is 13.2. The third-order valence-electron chi connectivity index (χ3n) is 3.31. The lowest BCUT2D eigenvalue weighted by Crippen LogP contribution is -2.10. The quantitative estimate of drug-likeness (QED) is 0.746. The lowest BCUT2D eigenvalue weighted by atomic mass is 10.0. The summed E-state index contributed by atoms with van der Waals surface area (Å²) < 4.78 is 10.9. The number of ketones is 1. The van der Waals surface area contributed by atoms with Crippen LogP contribution in [-0.4, -0.2) is 22.5 Å². The number of nitrogens with zero attached hydrogens (tertiary/aromatic N) is 2. The van der Waals surface area contributed by atoms with Crippen molar-refractivity contribution in [3.8, 4) is 0 Å². The van der Waals surface area contributed by atoms with Crippen LogP contribution in [0.5, 0.6) is 0 Å². The first-order valence-corrected chi connectivity index (χ1v) is 6.62. The predicted octanol–water partition coefficient (Wildman–Crippen LogP) is 2.64. The highest BCUT2D eigenvalue weighted by Gasteiger charge is 2.36. The second kappa shape index (κ2) is 5.61. The van der Waals surface area contributed by atoms with Crippen LogP contribution in [-0.2, 0) is 9.53 Å². The van der Waals surface area contributed by atoms with Crippen LogP contribution in [0.25, 0.3) is 0 Å². The van der Waals surface area contributed by atoms with Gasteiger partial charge in [-0.2, -0.15) is 4.98 Å². The van der Waals surface area contributed by atoms with Crippen LogP contribution in [0.2, 0.25) is 0 Å². The molecule has 18 heavy (non-hydrogen) atoms. The fraction of sp³-hybridized carbons (Fsp3) is 0.769. The van der Waals surface area contributed by atoms with Crippen LogP contribution in [0.1, 0.15) is 63.8 Å². The normalized spacial score (nSPS) is 18.6. The molecule has 100 valence electrons. The highest BCUT2D eigenvalue weighted by Crippen LogP contribution is 2.42. The van der Waals surface area contributed by atoms with Gasteiger partial charge in [-0.3, -0.25) is 4.79 Å². The molecule has 0 bridgehead atoms. The van der Waals surface area contributed by atoms with E-state index in [1.54, 1.807) is 6.92 Å². The van der Waals surface area contributed by atoms with Crippen molar-refractivity contribution < 1.29 is 14.1 Å². The van der Waals surface area contributed by atoms with Crippen molar-refractivity contribution in [3.63, 3.8) is 0 Å². The summed E-state index contributed by atoms with van der Waals surface area (Å²) in [6, 6.07) is 0. The first-order valence-electron chi connectivity index (χ1n) is 6.62. The molecule has 0 aromatic carbocycles. The summed E-state index contributed by atoms with van der Waals surface area (Å²) in [6.45, 7) is 6.09. The molecular formula is C13H20N2O3. The summed E-state index contributed by atoms with van der Waals surface area (Å²) in [6.07, 6.45) is 2.91. The monoisotopic (exact) mass is 252 g/mol. The van der Waals surface area contributed by atoms with Crippen molar-refractivity contribution >= 4 is 5.78 Å². The predicted molar refractivity (Wildman–Crippen MR) is 65.1 cm³/mol. The molecule has 0 spiro atoms. The molecule has 0 aliphatic heterocycles. The lowest BCUT2D eigenvalue weighted by Gasteiger charge is -2.11. The number of rotatable bonds is 7. The molecular weight excluding hydrogens is 232 g/mol. The van der Waals surface area contributed by atoms with E-state index in [1.807, 2.05) is 13.8 Å². The second-order valence-corrected chi connectivity index (χ2v) is 4.78. The summed E-state index contributed by atoms with van der Waals surface area (Å²) in [7, 11) is 0. The largest absolute Gasteiger partial charge is 0.370 e. The minimum Gasteiger partial charge on any atom is -0.370 e. The standard InChI is InChI=1S/C13H20N2O3/c1-4-10(8(3)16)13-14-12(15-18-13)11(17-5-2)9-6-7-9/h9-11H,4-7H2,1-3H3. The van der Waals surface area contributed by atoms with Crippen LogP contribution in [0.4, 0.5) is 0 Å². The van der Waals surface area contributed by atoms with E-state index in [2.05, 4.69) is 10.1 Å². The Bertz CT molecular complexity index is 412. The SMILES string of the molecule is CCOC(c1noc(C(CC)C(C)=O)n1)C1CC1. The Hall–Kier alpha value is -1.23. The van der Waals surface area contributed by atoms with E-state index in [4.69, 9.17) is 9.26 Å². The third-order valence-corrected chi connectivity index (χ3v) is 3.31. The number of hydrogen-bond acceptors (Lipinski definition) is 5. The van der Waals surface area contributed by atoms with E-state index in [0.717, 1.165) is 12.8 Å². The number of hydrogen-bond donors (Lipinski definition) is 0. The van der Waals surface area contributed by atoms with Crippen LogP contribution >= 0.6 is 0 Å². The molecule has 1 aliphatic carbocycles. The molecule has 1 heterocycles. The molecule has 0 saturated heterocycles. The molecule has 0 N–H and O–H groups in total. The van der Waals surface area contributed by atoms with Crippen molar-refractivity contribution in [3.05, 3.63) is 11.7 Å². The maximum absolute atomic E-state index is 11.5. The van der Waals surface area contributed by atoms with Crippen LogP contribution in [0.3, 0.4) is 0 Å². The third kappa shape index (κ3) is 2.77. The Morgan fingerprint density at radius 2 is 2.22 bits per heavy atom. The van der Waals surface area contributed by atoms with Gasteiger partial charge in [-0.25, -0.2) is 0 Å². The molecule has 2 atom stereocenters. The van der Waals surface area contributed by atoms with Gasteiger partial charge < -0.3 is 9.26 Å². The van der Waals surface area contributed by atoms with Gasteiger partial charge >= 0.3 is 0 Å². The topological polar surface area (TPSA) is 65.2 Å². The zero-order chi connectivity index (χ0) is 13.1. The molecule has 1 aliphatic rings. The van der Waals surface area contributed by atoms with Gasteiger partial charge in [0.15, 0.2) is 0 Å². The summed E-state index contributed by atoms with van der Waals surface area (Å²) in [5.74, 6) is 1.30. The van der Waals surface area contributed by atoms with Gasteiger partial charge in [-0.1, -0.05) is 12.1 Å². The summed E-state index contributed by atoms with van der Waals surface area (Å²) >= 11 is 0. The van der Waals surface area contributed by atoms with E-state index < -0.39 is 0 Å². The maximum atomic E-state index is 11.5. The smallest absolute Gasteiger partial charge is 0.237 e. The second-order valence-electron chi connectivity index (χ2n) is 4.78. The van der Waals surface area contributed by atoms with Crippen molar-refractivity contribution in [2.24, 2.45) is 5.92 Å². The number of Topliss-reactive ketones (excluding diaryl/α,β-unsaturated/α-hetero) is 1. The Labute approximate surface area is 107 Å². The van der Waals surface area contributed by atoms with E-state index in [1.165, 1.54) is 0 Å². The Morgan fingerprint density at radius 1 is 1.50 bits per heavy atom. The molecule has 1 saturated carbocycles. The van der Waals surface area contributed by atoms with Gasteiger partial charge in [0.05, 0.1) is 5.92 Å². The highest BCUT2D eigenvalue weighted by molar-refractivity contribution is 5.82. The van der Waals surface area contributed by atoms with Crippen molar-refractivity contribution in [1.29, 1.82) is 0 Å². The summed E-state index contributed by atoms with van der Waals surface area (Å²) in [4.78, 5) is 15.8. The molecule has 1 fully saturated rings. The summed E-state index contributed by atoms with van der Waals surface area (Å²) in [5.41, 5.74) is 0. The molecule has 1 aromatic rings. The van der Waals surface area contributed by atoms with Crippen LogP contribution in [0.15, 0.2) is 4.52 Å². The number of aromatic nitrogens is 2. The van der Waals surface area contributed by atoms with Gasteiger partial charge in [0.1, 0.15) is 11.9 Å². The molecule has 1 aromatic heterocycles. The van der Waals surface area contributed by atoms with Gasteiger partial charge in [-0.05, 0) is 39.0 Å². The Kier molecular flexibility index (Phi) is 4.11. The molecule has 5 heteroatoms. The fourth-order valence-corrected chi connectivity index (χ4v) is 2.14. The van der Waals surface area contributed by atoms with E-state index in [0.29, 0.717) is 30.7 Å². The van der Waals surface area contributed by atoms with Crippen molar-refractivity contribution in [2.75, 3.05) is 6.61 Å². The summed E-state index contributed by atoms with van der Waals surface area (Å²) in [5, 5.41) is 3.98. The minimum atomic E-state index is -0.285. The van der Waals surface area contributed by atoms with E-state index in [-0.39, 0.29) is 17.8 Å². The van der Waals surface area contributed by atoms with Gasteiger partial charge in [0, 0.05) is 6.61 Å². The van der Waals surface area contributed by atoms with Crippen LogP contribution in [0, 0.1) is 5.92 Å². The molecule has 0 radical (unpaired) electrons. The van der Waals surface area contributed by atoms with Gasteiger partial charge in [-0.15, -0.1) is 0 Å². The van der Waals surface area contributed by atoms with E-state index in [9.17, 15) is 4.79 Å². The zero-order valence-corrected chi connectivity index (χ0v) is 11.2. The highest BCUT2D eigenvalue weighted by atomic mass is 16.5. The first-order chi connectivity index (χ1) is 8.67. The Morgan fingerprint density at radius 3 is 2.72 bits per heavy atom. The average Bonchev–Trinajstić information content (AvgIpc) is 3.06. The van der Waals surface area contributed by atoms with Crippen LogP contribution < -0.4 is 0 Å². The minimum absolute atomic E-state index is 0.0621. The maximum Gasteiger partial charge on any atom is 0.237 e. The van der Waals surface area contributed by atoms with Gasteiger partial charge in [0.25, 0.3) is 0 Å². The Balaban J connectivity index is 2.15. The number of carbonyl (C=O) groups is 1.